The van der Waals surface area contributed by atoms with Crippen molar-refractivity contribution in [3.8, 4) is 0 Å². The highest BCUT2D eigenvalue weighted by Gasteiger charge is 2.52. The van der Waals surface area contributed by atoms with Gasteiger partial charge < -0.3 is 90.7 Å². The quantitative estimate of drug-likeness (QED) is 0.0855. The van der Waals surface area contributed by atoms with Crippen LogP contribution in [-0.4, -0.2) is 188 Å². The Kier molecular flexibility index (Phi) is 14.2. The van der Waals surface area contributed by atoms with E-state index >= 15 is 0 Å². The fraction of sp³-hybridized carbons (Fsp3) is 0.885. The first-order valence-corrected chi connectivity index (χ1v) is 14.7. The summed E-state index contributed by atoms with van der Waals surface area (Å²) in [4.78, 5) is 35.2. The molecule has 272 valence electrons. The second kappa shape index (κ2) is 17.0. The first-order chi connectivity index (χ1) is 22.0. The van der Waals surface area contributed by atoms with Crippen molar-refractivity contribution in [1.82, 2.24) is 10.6 Å². The number of rotatable bonds is 13. The molecule has 3 fully saturated rings. The van der Waals surface area contributed by atoms with Crippen LogP contribution in [0.2, 0.25) is 0 Å². The van der Waals surface area contributed by atoms with Crippen LogP contribution in [0, 0.1) is 0 Å². The summed E-state index contributed by atoms with van der Waals surface area (Å²) in [5.41, 5.74) is 5.61. The topological polar surface area (TPSA) is 339 Å². The summed E-state index contributed by atoms with van der Waals surface area (Å²) < 4.78 is 33.7. The Bertz CT molecular complexity index is 1060. The molecule has 3 aliphatic heterocycles. The monoisotopic (exact) mass is 687 g/mol. The number of aliphatic carboxylic acids is 1. The lowest BCUT2D eigenvalue weighted by Gasteiger charge is -2.47. The molecule has 0 saturated carbocycles. The molecule has 3 rings (SSSR count). The van der Waals surface area contributed by atoms with Crippen LogP contribution in [0.25, 0.3) is 0 Å². The molecule has 0 unspecified atom stereocenters. The average Bonchev–Trinajstić information content (AvgIpc) is 3.01. The molecule has 21 heteroatoms. The van der Waals surface area contributed by atoms with Crippen molar-refractivity contribution in [3.63, 3.8) is 0 Å². The minimum absolute atomic E-state index is 0.631. The summed E-state index contributed by atoms with van der Waals surface area (Å²) in [6.07, 6.45) is -22.5. The smallest absolute Gasteiger partial charge is 0.323 e. The second-order valence-electron chi connectivity index (χ2n) is 11.5. The third-order valence-electron chi connectivity index (χ3n) is 8.00. The molecule has 0 aromatic rings. The molecule has 0 spiro atoms. The standard InChI is InChI=1S/C26H45N3O18/c1-7(13(27)23(40)41)43-25-14(28-8(2)32)18(36)17(35)12(46-25)6-42-24-15(29-9(3)33)19(37)22(11(5-31)45-24)47-26-21(39)20(38)16(34)10(4-30)44-26/h7,10-22,24-26,30-31,34-39H,4-6,27H2,1-3H3,(H,28,32)(H,29,33)(H,40,41)/t7-,10-,11-,12-,13+,14-,15-,16+,17+,18-,19-,20+,21-,22-,24-,25+,26+/m1/s1. The Morgan fingerprint density at radius 2 is 1.23 bits per heavy atom. The zero-order valence-corrected chi connectivity index (χ0v) is 25.7. The van der Waals surface area contributed by atoms with E-state index in [1.54, 1.807) is 0 Å². The highest BCUT2D eigenvalue weighted by atomic mass is 16.7. The van der Waals surface area contributed by atoms with E-state index < -0.39 is 142 Å². The maximum atomic E-state index is 12.1. The molecule has 3 heterocycles. The molecule has 3 saturated heterocycles. The van der Waals surface area contributed by atoms with Crippen LogP contribution in [0.3, 0.4) is 0 Å². The van der Waals surface area contributed by atoms with Gasteiger partial charge in [-0.05, 0) is 6.92 Å². The van der Waals surface area contributed by atoms with Crippen LogP contribution in [0.5, 0.6) is 0 Å². The number of aliphatic hydroxyl groups excluding tert-OH is 8. The zero-order chi connectivity index (χ0) is 35.3. The van der Waals surface area contributed by atoms with Gasteiger partial charge in [0.15, 0.2) is 18.9 Å². The summed E-state index contributed by atoms with van der Waals surface area (Å²) in [7, 11) is 0. The molecule has 0 bridgehead atoms. The van der Waals surface area contributed by atoms with Gasteiger partial charge in [0.05, 0.1) is 25.9 Å². The SMILES string of the molecule is CC(=O)N[C@H]1[C@H](OC[C@H]2O[C@H](O[C@H](C)[C@H](N)C(=O)O)[C@H](NC(C)=O)[C@@H](O)[C@H]2O)O[C@H](CO)[C@@H](O[C@@H]2O[C@H](CO)[C@H](O)[C@H](O)[C@H]2O)[C@@H]1O. The Morgan fingerprint density at radius 1 is 0.723 bits per heavy atom. The number of amides is 2. The van der Waals surface area contributed by atoms with Crippen LogP contribution < -0.4 is 16.4 Å². The summed E-state index contributed by atoms with van der Waals surface area (Å²) in [6.45, 7) is 1.31. The van der Waals surface area contributed by atoms with E-state index in [4.69, 9.17) is 34.2 Å². The Balaban J connectivity index is 1.78. The van der Waals surface area contributed by atoms with Crippen molar-refractivity contribution in [2.75, 3.05) is 19.8 Å². The summed E-state index contributed by atoms with van der Waals surface area (Å²) >= 11 is 0. The molecule has 3 aliphatic rings. The minimum atomic E-state index is -1.87. The number of carboxylic acids is 1. The van der Waals surface area contributed by atoms with Crippen molar-refractivity contribution < 1.29 is 88.8 Å². The molecule has 47 heavy (non-hydrogen) atoms. The Morgan fingerprint density at radius 3 is 1.77 bits per heavy atom. The fourth-order valence-corrected chi connectivity index (χ4v) is 5.36. The first kappa shape index (κ1) is 39.3. The van der Waals surface area contributed by atoms with Crippen molar-refractivity contribution in [2.24, 2.45) is 5.73 Å². The molecule has 17 atom stereocenters. The molecule has 0 aliphatic carbocycles. The predicted molar refractivity (Wildman–Crippen MR) is 148 cm³/mol. The highest BCUT2D eigenvalue weighted by Crippen LogP contribution is 2.31. The molecule has 21 nitrogen and oxygen atoms in total. The van der Waals surface area contributed by atoms with E-state index in [0.717, 1.165) is 13.8 Å². The van der Waals surface area contributed by atoms with Gasteiger partial charge in [-0.2, -0.15) is 0 Å². The number of hydrogen-bond acceptors (Lipinski definition) is 18. The van der Waals surface area contributed by atoms with Gasteiger partial charge in [-0.1, -0.05) is 0 Å². The lowest BCUT2D eigenvalue weighted by molar-refractivity contribution is -0.352. The number of carboxylic acid groups (broad SMARTS) is 1. The number of nitrogens with two attached hydrogens (primary N) is 1. The molecule has 2 amide bonds. The summed E-state index contributed by atoms with van der Waals surface area (Å²) in [6, 6.07) is -4.36. The Labute approximate surface area is 268 Å². The maximum Gasteiger partial charge on any atom is 0.323 e. The molecule has 0 aromatic carbocycles. The summed E-state index contributed by atoms with van der Waals surface area (Å²) in [5.74, 6) is -2.73. The normalized spacial score (nSPS) is 42.3. The number of hydrogen-bond donors (Lipinski definition) is 12. The zero-order valence-electron chi connectivity index (χ0n) is 25.7. The Hall–Kier alpha value is -2.19. The van der Waals surface area contributed by atoms with Gasteiger partial charge in [0.25, 0.3) is 0 Å². The molecule has 13 N–H and O–H groups in total. The summed E-state index contributed by atoms with van der Waals surface area (Å²) in [5, 5.41) is 96.9. The van der Waals surface area contributed by atoms with E-state index in [9.17, 15) is 60.3 Å². The van der Waals surface area contributed by atoms with Gasteiger partial charge in [0, 0.05) is 13.8 Å². The first-order valence-electron chi connectivity index (χ1n) is 14.7. The van der Waals surface area contributed by atoms with Crippen molar-refractivity contribution >= 4 is 17.8 Å². The van der Waals surface area contributed by atoms with Crippen molar-refractivity contribution in [3.05, 3.63) is 0 Å². The number of carbonyl (C=O) groups excluding carboxylic acids is 2. The predicted octanol–water partition coefficient (Wildman–Crippen LogP) is -7.46. The van der Waals surface area contributed by atoms with Gasteiger partial charge in [-0.3, -0.25) is 14.4 Å². The van der Waals surface area contributed by atoms with Crippen LogP contribution in [0.1, 0.15) is 20.8 Å². The maximum absolute atomic E-state index is 12.1. The lowest BCUT2D eigenvalue weighted by Crippen LogP contribution is -2.68. The van der Waals surface area contributed by atoms with Crippen LogP contribution in [-0.2, 0) is 42.8 Å². The number of aliphatic hydroxyl groups is 8. The van der Waals surface area contributed by atoms with Gasteiger partial charge in [0.1, 0.15) is 79.2 Å². The van der Waals surface area contributed by atoms with Gasteiger partial charge in [-0.15, -0.1) is 0 Å². The molecular formula is C26H45N3O18. The van der Waals surface area contributed by atoms with Crippen molar-refractivity contribution in [1.29, 1.82) is 0 Å². The highest BCUT2D eigenvalue weighted by molar-refractivity contribution is 5.74. The molecule has 0 radical (unpaired) electrons. The minimum Gasteiger partial charge on any atom is -0.480 e. The van der Waals surface area contributed by atoms with E-state index in [0.29, 0.717) is 0 Å². The van der Waals surface area contributed by atoms with Gasteiger partial charge >= 0.3 is 5.97 Å². The van der Waals surface area contributed by atoms with Crippen LogP contribution >= 0.6 is 0 Å². The second-order valence-corrected chi connectivity index (χ2v) is 11.5. The number of carbonyl (C=O) groups is 3. The number of nitrogens with one attached hydrogen (secondary N) is 2. The van der Waals surface area contributed by atoms with E-state index in [-0.39, 0.29) is 0 Å². The lowest BCUT2D eigenvalue weighted by atomic mass is 9.95. The third-order valence-corrected chi connectivity index (χ3v) is 8.00. The van der Waals surface area contributed by atoms with Crippen LogP contribution in [0.15, 0.2) is 0 Å². The third kappa shape index (κ3) is 9.29. The van der Waals surface area contributed by atoms with Gasteiger partial charge in [-0.25, -0.2) is 0 Å². The largest absolute Gasteiger partial charge is 0.480 e. The van der Waals surface area contributed by atoms with E-state index in [1.165, 1.54) is 6.92 Å². The van der Waals surface area contributed by atoms with Crippen LogP contribution in [0.4, 0.5) is 0 Å². The number of ether oxygens (including phenoxy) is 6. The fourth-order valence-electron chi connectivity index (χ4n) is 5.36. The van der Waals surface area contributed by atoms with E-state index in [2.05, 4.69) is 10.6 Å². The average molecular weight is 688 g/mol. The van der Waals surface area contributed by atoms with Crippen molar-refractivity contribution in [2.45, 2.75) is 125 Å². The molecule has 0 aromatic heterocycles. The molecular weight excluding hydrogens is 642 g/mol. The van der Waals surface area contributed by atoms with Gasteiger partial charge in [0.2, 0.25) is 11.8 Å². The van der Waals surface area contributed by atoms with E-state index in [1.807, 2.05) is 0 Å².